The summed E-state index contributed by atoms with van der Waals surface area (Å²) in [5, 5.41) is 0. The molecule has 1 aliphatic rings. The minimum atomic E-state index is -0.283. The second-order valence-electron chi connectivity index (χ2n) is 4.25. The van der Waals surface area contributed by atoms with E-state index >= 15 is 0 Å². The van der Waals surface area contributed by atoms with Crippen LogP contribution in [0.3, 0.4) is 0 Å². The van der Waals surface area contributed by atoms with E-state index in [4.69, 9.17) is 0 Å². The third kappa shape index (κ3) is 2.12. The molecule has 1 nitrogen and oxygen atoms in total. The first-order valence-corrected chi connectivity index (χ1v) is 5.85. The summed E-state index contributed by atoms with van der Waals surface area (Å²) in [6.07, 6.45) is 4.41. The van der Waals surface area contributed by atoms with E-state index in [1.54, 1.807) is 6.07 Å². The Bertz CT molecular complexity index is 385. The van der Waals surface area contributed by atoms with Gasteiger partial charge in [0.05, 0.1) is 0 Å². The highest BCUT2D eigenvalue weighted by molar-refractivity contribution is 9.10. The third-order valence-electron chi connectivity index (χ3n) is 3.16. The summed E-state index contributed by atoms with van der Waals surface area (Å²) < 4.78 is 14.3. The molecule has 0 aromatic heterocycles. The lowest BCUT2D eigenvalue weighted by Crippen LogP contribution is -2.33. The molecule has 0 amide bonds. The van der Waals surface area contributed by atoms with Crippen LogP contribution in [0.25, 0.3) is 0 Å². The molecular weight excluding hydrogens is 259 g/mol. The SMILES string of the molecule is O=CC1(Cc2ccc(Br)cc2F)CCC1. The van der Waals surface area contributed by atoms with E-state index in [1.165, 1.54) is 6.07 Å². The first-order chi connectivity index (χ1) is 7.15. The Labute approximate surface area is 96.8 Å². The molecular formula is C12H12BrFO. The minimum absolute atomic E-state index is 0.225. The molecule has 1 aromatic carbocycles. The predicted octanol–water partition coefficient (Wildman–Crippen LogP) is 3.50. The van der Waals surface area contributed by atoms with Gasteiger partial charge in [-0.2, -0.15) is 0 Å². The molecule has 0 heterocycles. The average Bonchev–Trinajstić information content (AvgIpc) is 2.14. The van der Waals surface area contributed by atoms with E-state index in [9.17, 15) is 9.18 Å². The van der Waals surface area contributed by atoms with Crippen molar-refractivity contribution in [2.75, 3.05) is 0 Å². The van der Waals surface area contributed by atoms with E-state index in [2.05, 4.69) is 15.9 Å². The molecule has 0 unspecified atom stereocenters. The molecule has 1 aromatic rings. The number of benzene rings is 1. The zero-order valence-electron chi connectivity index (χ0n) is 8.30. The van der Waals surface area contributed by atoms with Crippen LogP contribution in [-0.4, -0.2) is 6.29 Å². The summed E-state index contributed by atoms with van der Waals surface area (Å²) in [5.41, 5.74) is 0.360. The van der Waals surface area contributed by atoms with Crippen LogP contribution in [0.5, 0.6) is 0 Å². The van der Waals surface area contributed by atoms with Crippen LogP contribution in [-0.2, 0) is 11.2 Å². The van der Waals surface area contributed by atoms with Gasteiger partial charge in [0.2, 0.25) is 0 Å². The van der Waals surface area contributed by atoms with Gasteiger partial charge in [-0.15, -0.1) is 0 Å². The number of aldehydes is 1. The van der Waals surface area contributed by atoms with Gasteiger partial charge in [0.25, 0.3) is 0 Å². The number of halogens is 2. The molecule has 2 rings (SSSR count). The fraction of sp³-hybridized carbons (Fsp3) is 0.417. The Morgan fingerprint density at radius 1 is 1.47 bits per heavy atom. The summed E-state index contributed by atoms with van der Waals surface area (Å²) in [6, 6.07) is 5.02. The molecule has 0 N–H and O–H groups in total. The maximum atomic E-state index is 13.5. The summed E-state index contributed by atoms with van der Waals surface area (Å²) in [6.45, 7) is 0. The van der Waals surface area contributed by atoms with E-state index in [1.807, 2.05) is 6.07 Å². The Kier molecular flexibility index (Phi) is 2.91. The molecule has 1 aliphatic carbocycles. The molecule has 0 saturated heterocycles. The summed E-state index contributed by atoms with van der Waals surface area (Å²) in [4.78, 5) is 11.0. The molecule has 15 heavy (non-hydrogen) atoms. The van der Waals surface area contributed by atoms with Gasteiger partial charge in [-0.05, 0) is 37.0 Å². The van der Waals surface area contributed by atoms with Crippen molar-refractivity contribution in [3.8, 4) is 0 Å². The van der Waals surface area contributed by atoms with Crippen LogP contribution in [0, 0.1) is 11.2 Å². The molecule has 1 saturated carbocycles. The Hall–Kier alpha value is -0.700. The smallest absolute Gasteiger partial charge is 0.127 e. The zero-order chi connectivity index (χ0) is 10.9. The number of carbonyl (C=O) groups excluding carboxylic acids is 1. The molecule has 1 fully saturated rings. The second kappa shape index (κ2) is 4.05. The molecule has 0 spiro atoms. The van der Waals surface area contributed by atoms with Crippen molar-refractivity contribution < 1.29 is 9.18 Å². The van der Waals surface area contributed by atoms with Crippen molar-refractivity contribution in [1.29, 1.82) is 0 Å². The lowest BCUT2D eigenvalue weighted by atomic mass is 9.66. The number of hydrogen-bond donors (Lipinski definition) is 0. The molecule has 3 heteroatoms. The predicted molar refractivity (Wildman–Crippen MR) is 60.2 cm³/mol. The van der Waals surface area contributed by atoms with Crippen molar-refractivity contribution >= 4 is 22.2 Å². The lowest BCUT2D eigenvalue weighted by molar-refractivity contribution is -0.120. The Morgan fingerprint density at radius 2 is 2.20 bits per heavy atom. The van der Waals surface area contributed by atoms with Crippen molar-refractivity contribution in [3.05, 3.63) is 34.1 Å². The monoisotopic (exact) mass is 270 g/mol. The Balaban J connectivity index is 2.20. The normalized spacial score (nSPS) is 18.3. The van der Waals surface area contributed by atoms with E-state index in [0.717, 1.165) is 30.0 Å². The first-order valence-electron chi connectivity index (χ1n) is 5.05. The van der Waals surface area contributed by atoms with Crippen molar-refractivity contribution in [2.24, 2.45) is 5.41 Å². The Morgan fingerprint density at radius 3 is 2.67 bits per heavy atom. The van der Waals surface area contributed by atoms with Crippen LogP contribution in [0.4, 0.5) is 4.39 Å². The highest BCUT2D eigenvalue weighted by Crippen LogP contribution is 2.42. The van der Waals surface area contributed by atoms with Crippen LogP contribution in [0.2, 0.25) is 0 Å². The highest BCUT2D eigenvalue weighted by atomic mass is 79.9. The largest absolute Gasteiger partial charge is 0.303 e. The standard InChI is InChI=1S/C12H12BrFO/c13-10-3-2-9(11(14)6-10)7-12(8-15)4-1-5-12/h2-3,6,8H,1,4-5,7H2. The van der Waals surface area contributed by atoms with Gasteiger partial charge >= 0.3 is 0 Å². The maximum absolute atomic E-state index is 13.5. The molecule has 0 radical (unpaired) electrons. The van der Waals surface area contributed by atoms with Gasteiger partial charge in [0.15, 0.2) is 0 Å². The molecule has 0 aliphatic heterocycles. The van der Waals surface area contributed by atoms with Crippen LogP contribution >= 0.6 is 15.9 Å². The summed E-state index contributed by atoms with van der Waals surface area (Å²) in [7, 11) is 0. The van der Waals surface area contributed by atoms with Gasteiger partial charge in [-0.3, -0.25) is 0 Å². The van der Waals surface area contributed by atoms with Gasteiger partial charge in [0, 0.05) is 9.89 Å². The van der Waals surface area contributed by atoms with E-state index in [0.29, 0.717) is 12.0 Å². The fourth-order valence-corrected chi connectivity index (χ4v) is 2.34. The van der Waals surface area contributed by atoms with Crippen molar-refractivity contribution in [2.45, 2.75) is 25.7 Å². The highest BCUT2D eigenvalue weighted by Gasteiger charge is 2.37. The second-order valence-corrected chi connectivity index (χ2v) is 5.16. The van der Waals surface area contributed by atoms with Crippen molar-refractivity contribution in [3.63, 3.8) is 0 Å². The number of rotatable bonds is 3. The van der Waals surface area contributed by atoms with Crippen LogP contribution in [0.1, 0.15) is 24.8 Å². The molecule has 80 valence electrons. The van der Waals surface area contributed by atoms with Gasteiger partial charge in [-0.25, -0.2) is 4.39 Å². The zero-order valence-corrected chi connectivity index (χ0v) is 9.89. The average molecular weight is 271 g/mol. The van der Waals surface area contributed by atoms with Gasteiger partial charge in [-0.1, -0.05) is 28.4 Å². The molecule has 0 atom stereocenters. The lowest BCUT2D eigenvalue weighted by Gasteiger charge is -2.36. The fourth-order valence-electron chi connectivity index (χ4n) is 2.01. The van der Waals surface area contributed by atoms with Gasteiger partial charge < -0.3 is 4.79 Å². The first kappa shape index (κ1) is 10.8. The minimum Gasteiger partial charge on any atom is -0.303 e. The molecule has 0 bridgehead atoms. The topological polar surface area (TPSA) is 17.1 Å². The van der Waals surface area contributed by atoms with Crippen molar-refractivity contribution in [1.82, 2.24) is 0 Å². The van der Waals surface area contributed by atoms with E-state index < -0.39 is 0 Å². The maximum Gasteiger partial charge on any atom is 0.127 e. The quantitative estimate of drug-likeness (QED) is 0.769. The third-order valence-corrected chi connectivity index (χ3v) is 3.65. The van der Waals surface area contributed by atoms with Crippen LogP contribution < -0.4 is 0 Å². The number of carbonyl (C=O) groups is 1. The van der Waals surface area contributed by atoms with E-state index in [-0.39, 0.29) is 11.2 Å². The van der Waals surface area contributed by atoms with Gasteiger partial charge in [0.1, 0.15) is 12.1 Å². The number of hydrogen-bond acceptors (Lipinski definition) is 1. The van der Waals surface area contributed by atoms with Crippen LogP contribution in [0.15, 0.2) is 22.7 Å². The summed E-state index contributed by atoms with van der Waals surface area (Å²) >= 11 is 3.21. The summed E-state index contributed by atoms with van der Waals surface area (Å²) in [5.74, 6) is -0.225.